The van der Waals surface area contributed by atoms with Crippen molar-refractivity contribution in [3.8, 4) is 0 Å². The zero-order chi connectivity index (χ0) is 21.8. The van der Waals surface area contributed by atoms with E-state index >= 15 is 0 Å². The molecular formula is C25H28Cl2F2NOSiTi+. The Hall–Kier alpha value is -1.21. The van der Waals surface area contributed by atoms with Gasteiger partial charge >= 0.3 is 8.84 Å². The first-order chi connectivity index (χ1) is 14.0. The van der Waals surface area contributed by atoms with E-state index in [2.05, 4.69) is 20.8 Å². The normalized spacial score (nSPS) is 14.4. The largest absolute Gasteiger partial charge is 0.587 e. The molecule has 2 aliphatic rings. The Morgan fingerprint density at radius 1 is 0.879 bits per heavy atom. The van der Waals surface area contributed by atoms with Crippen molar-refractivity contribution in [1.29, 1.82) is 0 Å². The molecule has 0 saturated heterocycles. The molecule has 2 aromatic carbocycles. The van der Waals surface area contributed by atoms with E-state index in [-0.39, 0.29) is 57.6 Å². The second-order valence-electron chi connectivity index (χ2n) is 9.39. The summed E-state index contributed by atoms with van der Waals surface area (Å²) in [4.78, 5) is 0. The van der Waals surface area contributed by atoms with Crippen LogP contribution in [0.25, 0.3) is 16.7 Å². The zero-order valence-corrected chi connectivity index (χ0v) is 23.5. The Labute approximate surface area is 223 Å². The Balaban J connectivity index is 0.00000181. The molecule has 0 bridgehead atoms. The van der Waals surface area contributed by atoms with Gasteiger partial charge in [0.15, 0.2) is 0 Å². The second-order valence-corrected chi connectivity index (χ2v) is 11.8. The molecule has 0 radical (unpaired) electrons. The van der Waals surface area contributed by atoms with Gasteiger partial charge in [-0.05, 0) is 60.2 Å². The van der Waals surface area contributed by atoms with Crippen LogP contribution in [-0.4, -0.2) is 32.6 Å². The first kappa shape index (κ1) is 29.8. The minimum absolute atomic E-state index is 0. The minimum Gasteiger partial charge on any atom is -0.325 e. The maximum Gasteiger partial charge on any atom is 0.587 e. The monoisotopic (exact) mass is 542 g/mol. The van der Waals surface area contributed by atoms with E-state index in [1.54, 1.807) is 24.3 Å². The fourth-order valence-electron chi connectivity index (χ4n) is 4.13. The number of benzene rings is 2. The molecule has 0 aromatic heterocycles. The second kappa shape index (κ2) is 10.6. The van der Waals surface area contributed by atoms with Crippen LogP contribution in [0.4, 0.5) is 8.78 Å². The maximum atomic E-state index is 14.1. The molecule has 33 heavy (non-hydrogen) atoms. The van der Waals surface area contributed by atoms with Gasteiger partial charge < -0.3 is 8.61 Å². The summed E-state index contributed by atoms with van der Waals surface area (Å²) in [7, 11) is 1.86. The SMILES string of the molecule is CC(C)(C)[N+](C)(C)[Si](=O)C1=CC2=C(C1)c1ccccc1C(=C(F)F)c1ccccc12.Cl.Cl.[Ti]. The molecule has 0 aliphatic heterocycles. The molecule has 0 unspecified atom stereocenters. The van der Waals surface area contributed by atoms with Gasteiger partial charge in [0.1, 0.15) is 0 Å². The Morgan fingerprint density at radius 2 is 1.33 bits per heavy atom. The molecule has 0 fully saturated rings. The summed E-state index contributed by atoms with van der Waals surface area (Å²) in [5.41, 5.74) is 4.34. The summed E-state index contributed by atoms with van der Waals surface area (Å²) in [6, 6.07) is 14.6. The molecule has 0 saturated carbocycles. The Morgan fingerprint density at radius 3 is 1.82 bits per heavy atom. The number of allylic oxidation sites excluding steroid dienone is 4. The summed E-state index contributed by atoms with van der Waals surface area (Å²) in [6.45, 7) is 6.28. The molecular weight excluding hydrogens is 515 g/mol. The molecule has 2 nitrogen and oxygen atoms in total. The average Bonchev–Trinajstić information content (AvgIpc) is 3.08. The average molecular weight is 543 g/mol. The number of hydrogen-bond acceptors (Lipinski definition) is 1. The molecule has 174 valence electrons. The quantitative estimate of drug-likeness (QED) is 0.371. The third-order valence-electron chi connectivity index (χ3n) is 6.67. The first-order valence-corrected chi connectivity index (χ1v) is 11.5. The summed E-state index contributed by atoms with van der Waals surface area (Å²) >= 11 is 0. The fraction of sp³-hybridized carbons (Fsp3) is 0.280. The first-order valence-electron chi connectivity index (χ1n) is 10.1. The molecule has 0 heterocycles. The van der Waals surface area contributed by atoms with Crippen molar-refractivity contribution in [1.82, 2.24) is 0 Å². The van der Waals surface area contributed by atoms with E-state index in [4.69, 9.17) is 0 Å². The van der Waals surface area contributed by atoms with E-state index in [9.17, 15) is 13.2 Å². The number of halogens is 4. The molecule has 0 amide bonds. The number of fused-ring (bicyclic) bond motifs is 4. The van der Waals surface area contributed by atoms with Gasteiger partial charge in [-0.25, -0.2) is 0 Å². The van der Waals surface area contributed by atoms with Crippen LogP contribution in [-0.2, 0) is 26.2 Å². The van der Waals surface area contributed by atoms with Crippen LogP contribution in [0.1, 0.15) is 49.4 Å². The summed E-state index contributed by atoms with van der Waals surface area (Å²) in [6.07, 6.45) is 0.841. The third kappa shape index (κ3) is 4.95. The summed E-state index contributed by atoms with van der Waals surface area (Å²) in [5.74, 6) is 0. The predicted molar refractivity (Wildman–Crippen MR) is 133 cm³/mol. The Kier molecular flexibility index (Phi) is 9.57. The van der Waals surface area contributed by atoms with E-state index in [0.717, 1.165) is 27.5 Å². The van der Waals surface area contributed by atoms with Crippen LogP contribution in [0.3, 0.4) is 0 Å². The van der Waals surface area contributed by atoms with Gasteiger partial charge in [-0.15, -0.1) is 24.8 Å². The van der Waals surface area contributed by atoms with Gasteiger partial charge in [0, 0.05) is 33.3 Å². The molecule has 0 atom stereocenters. The van der Waals surface area contributed by atoms with E-state index in [0.29, 0.717) is 21.7 Å². The van der Waals surface area contributed by atoms with E-state index in [1.807, 2.05) is 44.4 Å². The van der Waals surface area contributed by atoms with Crippen LogP contribution < -0.4 is 0 Å². The van der Waals surface area contributed by atoms with Crippen molar-refractivity contribution >= 4 is 50.4 Å². The number of rotatable bonds is 2. The van der Waals surface area contributed by atoms with Crippen LogP contribution in [0.5, 0.6) is 0 Å². The molecule has 4 rings (SSSR count). The third-order valence-corrected chi connectivity index (χ3v) is 9.22. The zero-order valence-electron chi connectivity index (χ0n) is 19.3. The van der Waals surface area contributed by atoms with Gasteiger partial charge in [0.25, 0.3) is 6.08 Å². The van der Waals surface area contributed by atoms with Crippen molar-refractivity contribution in [3.63, 3.8) is 0 Å². The molecule has 2 aromatic rings. The van der Waals surface area contributed by atoms with Crippen molar-refractivity contribution in [2.75, 3.05) is 14.1 Å². The van der Waals surface area contributed by atoms with Crippen molar-refractivity contribution in [2.24, 2.45) is 0 Å². The van der Waals surface area contributed by atoms with Crippen LogP contribution >= 0.6 is 24.8 Å². The predicted octanol–water partition coefficient (Wildman–Crippen LogP) is 7.07. The van der Waals surface area contributed by atoms with Crippen molar-refractivity contribution < 1.29 is 39.1 Å². The van der Waals surface area contributed by atoms with Gasteiger partial charge in [0.2, 0.25) is 0 Å². The van der Waals surface area contributed by atoms with E-state index in [1.165, 1.54) is 0 Å². The van der Waals surface area contributed by atoms with Crippen LogP contribution in [0.2, 0.25) is 0 Å². The van der Waals surface area contributed by atoms with Crippen molar-refractivity contribution in [2.45, 2.75) is 32.7 Å². The molecule has 0 N–H and O–H groups in total. The Bertz CT molecular complexity index is 1180. The fourth-order valence-corrected chi connectivity index (χ4v) is 6.05. The van der Waals surface area contributed by atoms with Gasteiger partial charge in [-0.2, -0.15) is 8.78 Å². The summed E-state index contributed by atoms with van der Waals surface area (Å²) in [5, 5.41) is 0.905. The molecule has 8 heteroatoms. The van der Waals surface area contributed by atoms with Crippen LogP contribution in [0.15, 0.2) is 65.9 Å². The number of nitrogens with zero attached hydrogens (tertiary/aromatic N) is 1. The standard InChI is InChI=1S/C25H26F2NOSi.2ClH.Ti/c1-25(2,3)28(4,5)30(29)16-14-21-17-10-6-8-12-19(17)23(24(26)27)20-13-9-7-11-18(20)22(21)15-16;;;/h6-14H,15H2,1-5H3;2*1H;/q+1;;;. The van der Waals surface area contributed by atoms with Crippen LogP contribution in [0, 0.1) is 0 Å². The van der Waals surface area contributed by atoms with Gasteiger partial charge in [-0.1, -0.05) is 48.5 Å². The van der Waals surface area contributed by atoms with Gasteiger partial charge in [-0.3, -0.25) is 0 Å². The maximum absolute atomic E-state index is 14.1. The van der Waals surface area contributed by atoms with Crippen molar-refractivity contribution in [3.05, 3.63) is 88.1 Å². The molecule has 0 spiro atoms. The van der Waals surface area contributed by atoms with E-state index < -0.39 is 14.9 Å². The topological polar surface area (TPSA) is 17.1 Å². The minimum atomic E-state index is -2.16. The smallest absolute Gasteiger partial charge is 0.325 e. The summed E-state index contributed by atoms with van der Waals surface area (Å²) < 4.78 is 42.3. The van der Waals surface area contributed by atoms with Gasteiger partial charge in [0.05, 0.1) is 25.2 Å². The molecule has 2 aliphatic carbocycles. The number of quaternary nitrogens is 1. The number of hydrogen-bond donors (Lipinski definition) is 0.